The van der Waals surface area contributed by atoms with Gasteiger partial charge in [-0.25, -0.2) is 0 Å². The topological polar surface area (TPSA) is 162 Å². The molecule has 8 N–H and O–H groups in total. The van der Waals surface area contributed by atoms with Gasteiger partial charge in [-0.15, -0.1) is 0 Å². The molecule has 0 radical (unpaired) electrons. The van der Waals surface area contributed by atoms with E-state index in [9.17, 15) is 40.9 Å². The minimum Gasteiger partial charge on any atom is -0.393 e. The van der Waals surface area contributed by atoms with Gasteiger partial charge in [0.1, 0.15) is 0 Å². The SMILES string of the molecule is C[C@@H]1CCC(C(C)(C)O)[C@@H](O)C1.C[C@@H]1CC[C@@H](C(C)(C)O)[C@H](O)C1.C[C@H]1CCC(C(C)(C)O)[C@@H](O)C1.C[C@H]1CCC(C(C)(C)O)[C@H](O)C1. The molecule has 0 spiro atoms. The van der Waals surface area contributed by atoms with Crippen LogP contribution in [0.3, 0.4) is 0 Å². The maximum absolute atomic E-state index is 9.74. The summed E-state index contributed by atoms with van der Waals surface area (Å²) in [5.41, 5.74) is -2.89. The van der Waals surface area contributed by atoms with Crippen molar-refractivity contribution < 1.29 is 40.9 Å². The van der Waals surface area contributed by atoms with E-state index < -0.39 is 22.4 Å². The van der Waals surface area contributed by atoms with E-state index in [-0.39, 0.29) is 48.1 Å². The van der Waals surface area contributed by atoms with Crippen LogP contribution in [0.5, 0.6) is 0 Å². The molecule has 0 aromatic heterocycles. The summed E-state index contributed by atoms with van der Waals surface area (Å²) in [7, 11) is 0. The van der Waals surface area contributed by atoms with E-state index in [1.165, 1.54) is 0 Å². The van der Waals surface area contributed by atoms with E-state index in [1.54, 1.807) is 55.4 Å². The van der Waals surface area contributed by atoms with Gasteiger partial charge in [0.15, 0.2) is 0 Å². The maximum Gasteiger partial charge on any atom is 0.0644 e. The molecule has 0 aromatic rings. The lowest BCUT2D eigenvalue weighted by molar-refractivity contribution is -0.0737. The van der Waals surface area contributed by atoms with Crippen LogP contribution in [0.2, 0.25) is 0 Å². The second-order valence-electron chi connectivity index (χ2n) is 19.0. The van der Waals surface area contributed by atoms with Gasteiger partial charge in [-0.1, -0.05) is 53.4 Å². The van der Waals surface area contributed by atoms with Crippen molar-refractivity contribution in [2.24, 2.45) is 47.3 Å². The largest absolute Gasteiger partial charge is 0.393 e. The summed E-state index contributed by atoms with van der Waals surface area (Å²) in [6.45, 7) is 22.9. The van der Waals surface area contributed by atoms with Crippen molar-refractivity contribution in [3.63, 3.8) is 0 Å². The molecule has 8 nitrogen and oxygen atoms in total. The monoisotopic (exact) mass is 689 g/mol. The standard InChI is InChI=1S/4C10H20O2/c4*1-7-4-5-8(9(11)6-7)10(2,3)12/h4*7-9,11-12H,4-6H2,1-3H3/t2*7-,8?,9+;7-,8?,9-;7-,8-,9-/m1001/s1. The Labute approximate surface area is 294 Å². The third kappa shape index (κ3) is 15.9. The average molecular weight is 689 g/mol. The fourth-order valence-electron chi connectivity index (χ4n) is 8.70. The van der Waals surface area contributed by atoms with Crippen LogP contribution in [0.4, 0.5) is 0 Å². The summed E-state index contributed by atoms with van der Waals surface area (Å²) in [5.74, 6) is 2.69. The highest BCUT2D eigenvalue weighted by Crippen LogP contribution is 2.38. The molecule has 4 aliphatic carbocycles. The molecule has 4 saturated carbocycles. The van der Waals surface area contributed by atoms with Crippen LogP contribution >= 0.6 is 0 Å². The van der Waals surface area contributed by atoms with Crippen LogP contribution in [-0.2, 0) is 0 Å². The van der Waals surface area contributed by atoms with Gasteiger partial charge in [0.05, 0.1) is 46.8 Å². The van der Waals surface area contributed by atoms with Crippen molar-refractivity contribution in [2.75, 3.05) is 0 Å². The number of aliphatic hydroxyl groups excluding tert-OH is 4. The first-order chi connectivity index (χ1) is 21.6. The molecule has 288 valence electrons. The highest BCUT2D eigenvalue weighted by molar-refractivity contribution is 4.90. The van der Waals surface area contributed by atoms with Crippen molar-refractivity contribution in [1.29, 1.82) is 0 Å². The zero-order valence-electron chi connectivity index (χ0n) is 33.0. The van der Waals surface area contributed by atoms with E-state index in [4.69, 9.17) is 0 Å². The first-order valence-corrected chi connectivity index (χ1v) is 19.3. The molecule has 4 aliphatic rings. The van der Waals surface area contributed by atoms with E-state index in [1.807, 2.05) is 0 Å². The van der Waals surface area contributed by atoms with E-state index in [0.717, 1.165) is 77.0 Å². The summed E-state index contributed by atoms with van der Waals surface area (Å²) in [4.78, 5) is 0. The van der Waals surface area contributed by atoms with Crippen LogP contribution in [0.25, 0.3) is 0 Å². The lowest BCUT2D eigenvalue weighted by atomic mass is 9.73. The fraction of sp³-hybridized carbons (Fsp3) is 1.00. The first kappa shape index (κ1) is 45.7. The van der Waals surface area contributed by atoms with E-state index in [0.29, 0.717) is 23.7 Å². The average Bonchev–Trinajstić information content (AvgIpc) is 2.86. The van der Waals surface area contributed by atoms with Crippen LogP contribution in [0.1, 0.15) is 160 Å². The van der Waals surface area contributed by atoms with Crippen molar-refractivity contribution in [2.45, 2.75) is 207 Å². The van der Waals surface area contributed by atoms with Crippen LogP contribution in [-0.4, -0.2) is 87.7 Å². The predicted octanol–water partition coefficient (Wildman–Crippen LogP) is 6.22. The highest BCUT2D eigenvalue weighted by atomic mass is 16.3. The molecule has 0 aromatic carbocycles. The molecule has 3 unspecified atom stereocenters. The summed E-state index contributed by atoms with van der Waals surface area (Å²) in [6.07, 6.45) is 10.4. The molecule has 0 saturated heterocycles. The summed E-state index contributed by atoms with van der Waals surface area (Å²) >= 11 is 0. The zero-order valence-corrected chi connectivity index (χ0v) is 33.0. The van der Waals surface area contributed by atoms with Gasteiger partial charge in [-0.2, -0.15) is 0 Å². The number of aliphatic hydroxyl groups is 8. The second kappa shape index (κ2) is 19.0. The zero-order chi connectivity index (χ0) is 37.4. The van der Waals surface area contributed by atoms with Crippen molar-refractivity contribution in [3.8, 4) is 0 Å². The van der Waals surface area contributed by atoms with E-state index in [2.05, 4.69) is 27.7 Å². The van der Waals surface area contributed by atoms with Crippen LogP contribution in [0.15, 0.2) is 0 Å². The fourth-order valence-corrected chi connectivity index (χ4v) is 8.70. The van der Waals surface area contributed by atoms with Crippen LogP contribution < -0.4 is 0 Å². The summed E-state index contributed by atoms with van der Waals surface area (Å²) < 4.78 is 0. The normalized spacial score (nSPS) is 38.2. The Bertz CT molecular complexity index is 738. The molecule has 0 heterocycles. The molecule has 4 fully saturated rings. The Morgan fingerprint density at radius 3 is 0.562 bits per heavy atom. The van der Waals surface area contributed by atoms with Gasteiger partial charge >= 0.3 is 0 Å². The molecule has 4 rings (SSSR count). The van der Waals surface area contributed by atoms with Gasteiger partial charge in [0.2, 0.25) is 0 Å². The Morgan fingerprint density at radius 1 is 0.312 bits per heavy atom. The Morgan fingerprint density at radius 2 is 0.458 bits per heavy atom. The number of rotatable bonds is 4. The number of hydrogen-bond acceptors (Lipinski definition) is 8. The molecule has 0 amide bonds. The van der Waals surface area contributed by atoms with Gasteiger partial charge in [0, 0.05) is 23.7 Å². The Hall–Kier alpha value is -0.320. The Kier molecular flexibility index (Phi) is 18.0. The molecule has 48 heavy (non-hydrogen) atoms. The predicted molar refractivity (Wildman–Crippen MR) is 195 cm³/mol. The van der Waals surface area contributed by atoms with Gasteiger partial charge < -0.3 is 40.9 Å². The third-order valence-electron chi connectivity index (χ3n) is 11.9. The lowest BCUT2D eigenvalue weighted by Gasteiger charge is -2.38. The molecule has 0 bridgehead atoms. The maximum atomic E-state index is 9.74. The van der Waals surface area contributed by atoms with Gasteiger partial charge in [0.25, 0.3) is 0 Å². The minimum atomic E-state index is -0.723. The highest BCUT2D eigenvalue weighted by Gasteiger charge is 2.39. The molecular formula is C40H80O8. The van der Waals surface area contributed by atoms with Gasteiger partial charge in [-0.05, 0) is 130 Å². The second-order valence-corrected chi connectivity index (χ2v) is 19.0. The third-order valence-corrected chi connectivity index (χ3v) is 11.9. The Balaban J connectivity index is 0.000000320. The van der Waals surface area contributed by atoms with Crippen molar-refractivity contribution >= 4 is 0 Å². The lowest BCUT2D eigenvalue weighted by Crippen LogP contribution is -2.42. The summed E-state index contributed by atoms with van der Waals surface area (Å²) in [6, 6.07) is 0. The molecule has 0 aliphatic heterocycles. The number of hydrogen-bond donors (Lipinski definition) is 8. The molecular weight excluding hydrogens is 608 g/mol. The molecule has 8 heteroatoms. The van der Waals surface area contributed by atoms with Crippen molar-refractivity contribution in [3.05, 3.63) is 0 Å². The smallest absolute Gasteiger partial charge is 0.0644 e. The van der Waals surface area contributed by atoms with Crippen molar-refractivity contribution in [1.82, 2.24) is 0 Å². The molecule has 12 atom stereocenters. The summed E-state index contributed by atoms with van der Waals surface area (Å²) in [5, 5.41) is 77.8. The van der Waals surface area contributed by atoms with Crippen LogP contribution in [0, 0.1) is 47.3 Å². The van der Waals surface area contributed by atoms with Gasteiger partial charge in [-0.3, -0.25) is 0 Å². The van der Waals surface area contributed by atoms with E-state index >= 15 is 0 Å². The minimum absolute atomic E-state index is 0.0636. The quantitative estimate of drug-likeness (QED) is 0.173. The first-order valence-electron chi connectivity index (χ1n) is 19.3.